The Balaban J connectivity index is 2.31. The fourth-order valence-corrected chi connectivity index (χ4v) is 4.24. The van der Waals surface area contributed by atoms with Gasteiger partial charge in [0.05, 0.1) is 12.8 Å². The molecule has 34 heavy (non-hydrogen) atoms. The fourth-order valence-electron chi connectivity index (χ4n) is 4.24. The van der Waals surface area contributed by atoms with Gasteiger partial charge in [-0.2, -0.15) is 0 Å². The number of amides is 2. The highest BCUT2D eigenvalue weighted by atomic mass is 16.5. The Labute approximate surface area is 203 Å². The third-order valence-electron chi connectivity index (χ3n) is 6.08. The number of rotatable bonds is 10. The first-order valence-electron chi connectivity index (χ1n) is 12.0. The van der Waals surface area contributed by atoms with Crippen molar-refractivity contribution in [1.82, 2.24) is 5.32 Å². The fraction of sp³-hybridized carbons (Fsp3) is 0.519. The van der Waals surface area contributed by atoms with Crippen LogP contribution >= 0.6 is 0 Å². The highest BCUT2D eigenvalue weighted by Crippen LogP contribution is 2.34. The van der Waals surface area contributed by atoms with E-state index in [0.717, 1.165) is 36.8 Å². The van der Waals surface area contributed by atoms with Crippen LogP contribution < -0.4 is 10.6 Å². The van der Waals surface area contributed by atoms with Crippen molar-refractivity contribution in [2.24, 2.45) is 11.1 Å². The monoisotopic (exact) mass is 469 g/mol. The Hall–Kier alpha value is -3.09. The van der Waals surface area contributed by atoms with Crippen LogP contribution in [-0.4, -0.2) is 36.9 Å². The van der Waals surface area contributed by atoms with E-state index in [1.165, 1.54) is 0 Å². The molecule has 2 rings (SSSR count). The van der Waals surface area contributed by atoms with Crippen LogP contribution in [0.2, 0.25) is 0 Å². The molecule has 1 aliphatic rings. The lowest BCUT2D eigenvalue weighted by Crippen LogP contribution is -2.24. The van der Waals surface area contributed by atoms with Gasteiger partial charge in [-0.05, 0) is 41.0 Å². The standard InChI is InChI=1S/C27H39N3O4/c1-7-8-9-10-18(21-13-12-20(30-33)17-24(21)34-6)16-25(31)29-23-15-19(26(32)28-5)11-14-22(23)27(2,3)4/h11,13-15,17-18,33H,7-10,12,16H2,1-6H3,(H,28,32)(H,29,31). The molecule has 0 fully saturated rings. The van der Waals surface area contributed by atoms with Crippen molar-refractivity contribution < 1.29 is 19.5 Å². The van der Waals surface area contributed by atoms with Gasteiger partial charge in [-0.3, -0.25) is 9.59 Å². The third-order valence-corrected chi connectivity index (χ3v) is 6.08. The van der Waals surface area contributed by atoms with E-state index < -0.39 is 0 Å². The predicted molar refractivity (Wildman–Crippen MR) is 136 cm³/mol. The van der Waals surface area contributed by atoms with Crippen molar-refractivity contribution >= 4 is 23.2 Å². The van der Waals surface area contributed by atoms with Crippen LogP contribution in [0.3, 0.4) is 0 Å². The van der Waals surface area contributed by atoms with E-state index in [1.54, 1.807) is 32.4 Å². The van der Waals surface area contributed by atoms with Gasteiger partial charge in [0.25, 0.3) is 5.91 Å². The van der Waals surface area contributed by atoms with Crippen LogP contribution in [0.5, 0.6) is 0 Å². The van der Waals surface area contributed by atoms with Gasteiger partial charge in [-0.25, -0.2) is 0 Å². The van der Waals surface area contributed by atoms with E-state index in [2.05, 4.69) is 43.5 Å². The zero-order valence-electron chi connectivity index (χ0n) is 21.3. The zero-order valence-corrected chi connectivity index (χ0v) is 21.3. The lowest BCUT2D eigenvalue weighted by molar-refractivity contribution is -0.116. The van der Waals surface area contributed by atoms with Crippen molar-refractivity contribution in [1.29, 1.82) is 0 Å². The summed E-state index contributed by atoms with van der Waals surface area (Å²) in [5, 5.41) is 18.2. The Morgan fingerprint density at radius 2 is 1.97 bits per heavy atom. The molecule has 2 amide bonds. The molecular formula is C27H39N3O4. The smallest absolute Gasteiger partial charge is 0.251 e. The molecule has 1 atom stereocenters. The van der Waals surface area contributed by atoms with Gasteiger partial charge in [-0.1, -0.05) is 64.3 Å². The molecule has 3 N–H and O–H groups in total. The summed E-state index contributed by atoms with van der Waals surface area (Å²) in [5.74, 6) is 0.291. The molecule has 1 aliphatic carbocycles. The second kappa shape index (κ2) is 12.4. The van der Waals surface area contributed by atoms with Crippen molar-refractivity contribution in [2.45, 2.75) is 71.6 Å². The maximum atomic E-state index is 13.3. The molecule has 7 nitrogen and oxygen atoms in total. The van der Waals surface area contributed by atoms with Gasteiger partial charge in [0.1, 0.15) is 5.76 Å². The largest absolute Gasteiger partial charge is 0.496 e. The molecule has 0 aliphatic heterocycles. The summed E-state index contributed by atoms with van der Waals surface area (Å²) in [5.41, 5.74) is 3.41. The molecular weight excluding hydrogens is 430 g/mol. The van der Waals surface area contributed by atoms with Gasteiger partial charge in [0.2, 0.25) is 5.91 Å². The number of hydrogen-bond donors (Lipinski definition) is 3. The molecule has 0 saturated heterocycles. The number of allylic oxidation sites excluding steroid dienone is 3. The molecule has 7 heteroatoms. The van der Waals surface area contributed by atoms with Gasteiger partial charge in [-0.15, -0.1) is 0 Å². The average Bonchev–Trinajstić information content (AvgIpc) is 2.81. The van der Waals surface area contributed by atoms with E-state index in [-0.39, 0.29) is 29.6 Å². The first-order valence-corrected chi connectivity index (χ1v) is 12.0. The van der Waals surface area contributed by atoms with E-state index in [1.807, 2.05) is 12.1 Å². The number of anilines is 1. The summed E-state index contributed by atoms with van der Waals surface area (Å²) < 4.78 is 5.57. The van der Waals surface area contributed by atoms with Crippen LogP contribution in [0, 0.1) is 5.92 Å². The molecule has 0 heterocycles. The Bertz CT molecular complexity index is 971. The van der Waals surface area contributed by atoms with Crippen molar-refractivity contribution in [3.63, 3.8) is 0 Å². The number of oxime groups is 1. The summed E-state index contributed by atoms with van der Waals surface area (Å²) in [4.78, 5) is 25.5. The maximum Gasteiger partial charge on any atom is 0.251 e. The van der Waals surface area contributed by atoms with Crippen molar-refractivity contribution in [3.8, 4) is 0 Å². The van der Waals surface area contributed by atoms with Gasteiger partial charge in [0, 0.05) is 37.2 Å². The number of unbranched alkanes of at least 4 members (excludes halogenated alkanes) is 2. The molecule has 0 saturated carbocycles. The molecule has 1 aromatic carbocycles. The number of hydrogen-bond acceptors (Lipinski definition) is 5. The van der Waals surface area contributed by atoms with E-state index >= 15 is 0 Å². The minimum absolute atomic E-state index is 0.0294. The van der Waals surface area contributed by atoms with Gasteiger partial charge < -0.3 is 20.6 Å². The number of ether oxygens (including phenoxy) is 1. The number of benzene rings is 1. The average molecular weight is 470 g/mol. The number of carbonyl (C=O) groups excluding carboxylic acids is 2. The second-order valence-electron chi connectivity index (χ2n) is 9.70. The first-order chi connectivity index (χ1) is 16.1. The van der Waals surface area contributed by atoms with E-state index in [9.17, 15) is 9.59 Å². The Morgan fingerprint density at radius 1 is 1.24 bits per heavy atom. The minimum Gasteiger partial charge on any atom is -0.496 e. The number of nitrogens with one attached hydrogen (secondary N) is 2. The van der Waals surface area contributed by atoms with Crippen molar-refractivity contribution in [2.75, 3.05) is 19.5 Å². The highest BCUT2D eigenvalue weighted by Gasteiger charge is 2.26. The van der Waals surface area contributed by atoms with Crippen molar-refractivity contribution in [3.05, 3.63) is 52.8 Å². The Morgan fingerprint density at radius 3 is 2.56 bits per heavy atom. The van der Waals surface area contributed by atoms with Crippen LogP contribution in [0.1, 0.15) is 82.1 Å². The zero-order chi connectivity index (χ0) is 25.3. The number of methoxy groups -OCH3 is 1. The van der Waals surface area contributed by atoms with E-state index in [0.29, 0.717) is 29.1 Å². The summed E-state index contributed by atoms with van der Waals surface area (Å²) in [6.07, 6.45) is 8.53. The molecule has 0 radical (unpaired) electrons. The normalized spacial score (nSPS) is 15.9. The highest BCUT2D eigenvalue weighted by molar-refractivity contribution is 5.99. The summed E-state index contributed by atoms with van der Waals surface area (Å²) >= 11 is 0. The van der Waals surface area contributed by atoms with E-state index in [4.69, 9.17) is 9.94 Å². The maximum absolute atomic E-state index is 13.3. The molecule has 0 bridgehead atoms. The van der Waals surface area contributed by atoms with Crippen LogP contribution in [-0.2, 0) is 14.9 Å². The molecule has 0 aromatic heterocycles. The molecule has 186 valence electrons. The predicted octanol–water partition coefficient (Wildman–Crippen LogP) is 5.56. The topological polar surface area (TPSA) is 100 Å². The minimum atomic E-state index is -0.206. The SMILES string of the molecule is CCCCCC(CC(=O)Nc1cc(C(=O)NC)ccc1C(C)(C)C)C1=CCC(=NO)C=C1OC. The lowest BCUT2D eigenvalue weighted by atomic mass is 9.84. The third kappa shape index (κ3) is 7.20. The number of nitrogens with zero attached hydrogens (tertiary/aromatic N) is 1. The quantitative estimate of drug-likeness (QED) is 0.237. The summed E-state index contributed by atoms with van der Waals surface area (Å²) in [6.45, 7) is 8.38. The van der Waals surface area contributed by atoms with Crippen LogP contribution in [0.15, 0.2) is 46.8 Å². The Kier molecular flexibility index (Phi) is 9.90. The lowest BCUT2D eigenvalue weighted by Gasteiger charge is -2.26. The van der Waals surface area contributed by atoms with Crippen LogP contribution in [0.25, 0.3) is 0 Å². The summed E-state index contributed by atoms with van der Waals surface area (Å²) in [6, 6.07) is 5.43. The molecule has 0 spiro atoms. The first kappa shape index (κ1) is 27.2. The summed E-state index contributed by atoms with van der Waals surface area (Å²) in [7, 11) is 3.17. The second-order valence-corrected chi connectivity index (χ2v) is 9.70. The number of carbonyl (C=O) groups is 2. The molecule has 1 aromatic rings. The van der Waals surface area contributed by atoms with Gasteiger partial charge in [0.15, 0.2) is 0 Å². The van der Waals surface area contributed by atoms with Crippen LogP contribution in [0.4, 0.5) is 5.69 Å². The molecule has 1 unspecified atom stereocenters. The van der Waals surface area contributed by atoms with Gasteiger partial charge >= 0.3 is 0 Å².